The molecule has 11 heteroatoms. The second kappa shape index (κ2) is 15.8. The van der Waals surface area contributed by atoms with E-state index in [1.54, 1.807) is 38.4 Å². The maximum absolute atomic E-state index is 13.6. The number of likely N-dealkylation sites (tertiary alicyclic amines) is 1. The Labute approximate surface area is 287 Å². The van der Waals surface area contributed by atoms with Gasteiger partial charge in [-0.15, -0.1) is 0 Å². The lowest BCUT2D eigenvalue weighted by Crippen LogP contribution is -2.40. The number of benzene rings is 2. The minimum Gasteiger partial charge on any atom is -0.493 e. The Hall–Kier alpha value is -5.16. The summed E-state index contributed by atoms with van der Waals surface area (Å²) in [6.45, 7) is 3.41. The molecule has 5 aromatic rings. The number of piperidine rings is 1. The molecule has 4 heterocycles. The van der Waals surface area contributed by atoms with Crippen LogP contribution in [0.3, 0.4) is 0 Å². The summed E-state index contributed by atoms with van der Waals surface area (Å²) in [5.41, 5.74) is 5.66. The molecule has 0 saturated carbocycles. The lowest BCUT2D eigenvalue weighted by atomic mass is 9.98. The van der Waals surface area contributed by atoms with Crippen molar-refractivity contribution in [2.45, 2.75) is 37.6 Å². The molecule has 1 aliphatic heterocycles. The van der Waals surface area contributed by atoms with Crippen molar-refractivity contribution in [3.05, 3.63) is 102 Å². The molecule has 2 aromatic carbocycles. The number of methoxy groups -OCH3 is 3. The summed E-state index contributed by atoms with van der Waals surface area (Å²) in [5, 5.41) is 3.66. The first-order chi connectivity index (χ1) is 23.9. The SMILES string of the molecule is COc1cc(C(=O)N(C)CC(CCN2CCC(Nc3nc4c(Cc5ccccn5)cccc4[nH]3)CC2)c2ccccn2)cc(OC)c1OC. The topological polar surface area (TPSA) is 118 Å². The minimum absolute atomic E-state index is 0.0730. The standard InChI is InChI=1S/C38H45N7O4/c1-44(37(46)28-23-33(47-2)36(49-4)34(24-28)48-3)25-27(31-12-6-8-18-40-31)14-19-45-20-15-29(16-21-45)41-38-42-32-13-9-10-26(35(32)43-38)22-30-11-5-7-17-39-30/h5-13,17-18,23-24,27,29H,14-16,19-22,25H2,1-4H3,(H2,41,42,43). The van der Waals surface area contributed by atoms with Crippen molar-refractivity contribution < 1.29 is 19.0 Å². The molecule has 0 radical (unpaired) electrons. The molecule has 6 rings (SSSR count). The van der Waals surface area contributed by atoms with Crippen LogP contribution >= 0.6 is 0 Å². The van der Waals surface area contributed by atoms with Gasteiger partial charge < -0.3 is 34.3 Å². The van der Waals surface area contributed by atoms with Gasteiger partial charge in [0.1, 0.15) is 0 Å². The first-order valence-corrected chi connectivity index (χ1v) is 16.8. The monoisotopic (exact) mass is 663 g/mol. The smallest absolute Gasteiger partial charge is 0.253 e. The van der Waals surface area contributed by atoms with Gasteiger partial charge in [-0.3, -0.25) is 14.8 Å². The van der Waals surface area contributed by atoms with E-state index in [-0.39, 0.29) is 11.8 Å². The Bertz CT molecular complexity index is 1800. The van der Waals surface area contributed by atoms with Crippen molar-refractivity contribution in [1.82, 2.24) is 29.7 Å². The highest BCUT2D eigenvalue weighted by Gasteiger charge is 2.25. The summed E-state index contributed by atoms with van der Waals surface area (Å²) < 4.78 is 16.4. The van der Waals surface area contributed by atoms with Gasteiger partial charge in [-0.05, 0) is 73.8 Å². The van der Waals surface area contributed by atoms with E-state index >= 15 is 0 Å². The fraction of sp³-hybridized carbons (Fsp3) is 0.368. The van der Waals surface area contributed by atoms with Crippen molar-refractivity contribution in [1.29, 1.82) is 0 Å². The fourth-order valence-electron chi connectivity index (χ4n) is 6.62. The molecule has 3 aromatic heterocycles. The summed E-state index contributed by atoms with van der Waals surface area (Å²) >= 11 is 0. The van der Waals surface area contributed by atoms with E-state index in [1.165, 1.54) is 0 Å². The highest BCUT2D eigenvalue weighted by atomic mass is 16.5. The fourth-order valence-corrected chi connectivity index (χ4v) is 6.62. The zero-order chi connectivity index (χ0) is 34.2. The van der Waals surface area contributed by atoms with Gasteiger partial charge in [0.15, 0.2) is 11.5 Å². The number of H-pyrrole nitrogens is 1. The van der Waals surface area contributed by atoms with Gasteiger partial charge >= 0.3 is 0 Å². The zero-order valence-electron chi connectivity index (χ0n) is 28.7. The molecule has 0 aliphatic carbocycles. The minimum atomic E-state index is -0.124. The van der Waals surface area contributed by atoms with Crippen LogP contribution in [0.4, 0.5) is 5.95 Å². The molecule has 1 atom stereocenters. The van der Waals surface area contributed by atoms with Crippen molar-refractivity contribution >= 4 is 22.9 Å². The van der Waals surface area contributed by atoms with E-state index < -0.39 is 0 Å². The third-order valence-electron chi connectivity index (χ3n) is 9.27. The van der Waals surface area contributed by atoms with Crippen LogP contribution in [0.25, 0.3) is 11.0 Å². The number of imidazole rings is 1. The Morgan fingerprint density at radius 2 is 1.69 bits per heavy atom. The Morgan fingerprint density at radius 3 is 2.35 bits per heavy atom. The summed E-state index contributed by atoms with van der Waals surface area (Å²) in [6, 6.07) is 22.0. The average Bonchev–Trinajstić information content (AvgIpc) is 3.57. The summed E-state index contributed by atoms with van der Waals surface area (Å²) in [5.74, 6) is 2.12. The number of ether oxygens (including phenoxy) is 3. The quantitative estimate of drug-likeness (QED) is 0.152. The second-order valence-electron chi connectivity index (χ2n) is 12.5. The van der Waals surface area contributed by atoms with Gasteiger partial charge in [-0.25, -0.2) is 4.98 Å². The molecule has 256 valence electrons. The van der Waals surface area contributed by atoms with E-state index in [0.29, 0.717) is 35.4 Å². The van der Waals surface area contributed by atoms with E-state index in [0.717, 1.165) is 79.3 Å². The van der Waals surface area contributed by atoms with Crippen LogP contribution in [-0.4, -0.2) is 96.2 Å². The maximum Gasteiger partial charge on any atom is 0.253 e. The van der Waals surface area contributed by atoms with E-state index in [1.807, 2.05) is 55.8 Å². The molecule has 1 fully saturated rings. The van der Waals surface area contributed by atoms with Crippen LogP contribution in [0.2, 0.25) is 0 Å². The van der Waals surface area contributed by atoms with Gasteiger partial charge in [0.25, 0.3) is 5.91 Å². The molecule has 1 amide bonds. The van der Waals surface area contributed by atoms with Crippen molar-refractivity contribution in [3.8, 4) is 17.2 Å². The number of likely N-dealkylation sites (N-methyl/N-ethyl adjacent to an activating group) is 1. The molecular weight excluding hydrogens is 618 g/mol. The van der Waals surface area contributed by atoms with Gasteiger partial charge in [-0.1, -0.05) is 24.3 Å². The lowest BCUT2D eigenvalue weighted by Gasteiger charge is -2.33. The maximum atomic E-state index is 13.6. The highest BCUT2D eigenvalue weighted by molar-refractivity contribution is 5.95. The van der Waals surface area contributed by atoms with Crippen molar-refractivity contribution in [3.63, 3.8) is 0 Å². The molecule has 0 bridgehead atoms. The molecule has 1 unspecified atom stereocenters. The number of aromatic amines is 1. The normalized spacial score (nSPS) is 14.4. The Kier molecular flexibility index (Phi) is 10.9. The number of hydrogen-bond acceptors (Lipinski definition) is 9. The number of carbonyl (C=O) groups is 1. The Balaban J connectivity index is 1.05. The largest absolute Gasteiger partial charge is 0.493 e. The molecule has 49 heavy (non-hydrogen) atoms. The summed E-state index contributed by atoms with van der Waals surface area (Å²) in [4.78, 5) is 35.5. The number of nitrogens with one attached hydrogen (secondary N) is 2. The molecule has 0 spiro atoms. The number of nitrogens with zero attached hydrogens (tertiary/aromatic N) is 5. The molecular formula is C38H45N7O4. The third kappa shape index (κ3) is 8.11. The predicted octanol–water partition coefficient (Wildman–Crippen LogP) is 5.79. The number of anilines is 1. The molecule has 1 aliphatic rings. The first kappa shape index (κ1) is 33.7. The predicted molar refractivity (Wildman–Crippen MR) is 191 cm³/mol. The highest BCUT2D eigenvalue weighted by Crippen LogP contribution is 2.38. The molecule has 2 N–H and O–H groups in total. The number of amides is 1. The van der Waals surface area contributed by atoms with Gasteiger partial charge in [0.2, 0.25) is 11.7 Å². The summed E-state index contributed by atoms with van der Waals surface area (Å²) in [7, 11) is 6.47. The van der Waals surface area contributed by atoms with Gasteiger partial charge in [-0.2, -0.15) is 0 Å². The third-order valence-corrected chi connectivity index (χ3v) is 9.27. The van der Waals surface area contributed by atoms with E-state index in [2.05, 4.69) is 43.4 Å². The van der Waals surface area contributed by atoms with Crippen molar-refractivity contribution in [2.24, 2.45) is 0 Å². The second-order valence-corrected chi connectivity index (χ2v) is 12.5. The zero-order valence-corrected chi connectivity index (χ0v) is 28.7. The lowest BCUT2D eigenvalue weighted by molar-refractivity contribution is 0.0780. The van der Waals surface area contributed by atoms with Crippen LogP contribution < -0.4 is 19.5 Å². The Morgan fingerprint density at radius 1 is 0.959 bits per heavy atom. The number of aromatic nitrogens is 4. The van der Waals surface area contributed by atoms with E-state index in [9.17, 15) is 4.79 Å². The summed E-state index contributed by atoms with van der Waals surface area (Å²) in [6.07, 6.45) is 7.31. The number of pyridine rings is 2. The van der Waals surface area contributed by atoms with Crippen LogP contribution in [-0.2, 0) is 6.42 Å². The number of fused-ring (bicyclic) bond motifs is 1. The van der Waals surface area contributed by atoms with Crippen LogP contribution in [0.15, 0.2) is 79.1 Å². The van der Waals surface area contributed by atoms with Crippen LogP contribution in [0.5, 0.6) is 17.2 Å². The molecule has 1 saturated heterocycles. The first-order valence-electron chi connectivity index (χ1n) is 16.8. The number of para-hydroxylation sites is 1. The average molecular weight is 664 g/mol. The number of carbonyl (C=O) groups excluding carboxylic acids is 1. The van der Waals surface area contributed by atoms with Crippen LogP contribution in [0, 0.1) is 0 Å². The van der Waals surface area contributed by atoms with Gasteiger partial charge in [0.05, 0.1) is 32.4 Å². The van der Waals surface area contributed by atoms with Gasteiger partial charge in [0, 0.05) is 74.4 Å². The molecule has 11 nitrogen and oxygen atoms in total. The van der Waals surface area contributed by atoms with Crippen molar-refractivity contribution in [2.75, 3.05) is 59.9 Å². The number of hydrogen-bond donors (Lipinski definition) is 2. The van der Waals surface area contributed by atoms with Crippen LogP contribution in [0.1, 0.15) is 52.5 Å². The van der Waals surface area contributed by atoms with E-state index in [4.69, 9.17) is 19.2 Å². The number of rotatable bonds is 14.